The molecule has 0 aliphatic rings. The Hall–Kier alpha value is -1.26. The molecule has 0 aromatic heterocycles. The predicted octanol–water partition coefficient (Wildman–Crippen LogP) is 0.724. The SMILES string of the molecule is CCCNC(=O)CCNC(=NC)NCC(C)C. The highest BCUT2D eigenvalue weighted by Gasteiger charge is 2.02. The van der Waals surface area contributed by atoms with Gasteiger partial charge in [-0.3, -0.25) is 9.79 Å². The zero-order valence-electron chi connectivity index (χ0n) is 11.5. The fraction of sp³-hybridized carbons (Fsp3) is 0.833. The van der Waals surface area contributed by atoms with Gasteiger partial charge in [0.05, 0.1) is 0 Å². The number of hydrogen-bond acceptors (Lipinski definition) is 2. The van der Waals surface area contributed by atoms with Crippen LogP contribution in [0.2, 0.25) is 0 Å². The second-order valence-corrected chi connectivity index (χ2v) is 4.37. The Labute approximate surface area is 104 Å². The molecule has 0 fully saturated rings. The molecule has 0 saturated carbocycles. The van der Waals surface area contributed by atoms with E-state index in [0.717, 1.165) is 25.5 Å². The molecule has 5 heteroatoms. The molecule has 0 aliphatic heterocycles. The van der Waals surface area contributed by atoms with Gasteiger partial charge in [-0.1, -0.05) is 20.8 Å². The van der Waals surface area contributed by atoms with Crippen LogP contribution in [-0.4, -0.2) is 38.5 Å². The summed E-state index contributed by atoms with van der Waals surface area (Å²) in [4.78, 5) is 15.4. The molecular formula is C12H26N4O. The average molecular weight is 242 g/mol. The highest BCUT2D eigenvalue weighted by atomic mass is 16.1. The maximum Gasteiger partial charge on any atom is 0.221 e. The van der Waals surface area contributed by atoms with Crippen molar-refractivity contribution in [2.45, 2.75) is 33.6 Å². The first-order chi connectivity index (χ1) is 8.10. The molecule has 1 amide bonds. The van der Waals surface area contributed by atoms with E-state index in [2.05, 4.69) is 34.8 Å². The molecule has 0 aromatic carbocycles. The average Bonchev–Trinajstić information content (AvgIpc) is 2.30. The van der Waals surface area contributed by atoms with Gasteiger partial charge in [-0.25, -0.2) is 0 Å². The first-order valence-electron chi connectivity index (χ1n) is 6.31. The van der Waals surface area contributed by atoms with Crippen molar-refractivity contribution in [2.75, 3.05) is 26.7 Å². The monoisotopic (exact) mass is 242 g/mol. The van der Waals surface area contributed by atoms with E-state index in [1.54, 1.807) is 7.05 Å². The molecule has 0 aromatic rings. The lowest BCUT2D eigenvalue weighted by Gasteiger charge is -2.13. The van der Waals surface area contributed by atoms with Crippen LogP contribution in [-0.2, 0) is 4.79 Å². The highest BCUT2D eigenvalue weighted by Crippen LogP contribution is 1.86. The van der Waals surface area contributed by atoms with Crippen LogP contribution in [0.1, 0.15) is 33.6 Å². The maximum atomic E-state index is 11.3. The summed E-state index contributed by atoms with van der Waals surface area (Å²) in [6.45, 7) is 8.54. The Morgan fingerprint density at radius 3 is 2.41 bits per heavy atom. The van der Waals surface area contributed by atoms with Crippen molar-refractivity contribution in [1.82, 2.24) is 16.0 Å². The van der Waals surface area contributed by atoms with E-state index in [-0.39, 0.29) is 5.91 Å². The standard InChI is InChI=1S/C12H26N4O/c1-5-7-14-11(17)6-8-15-12(13-4)16-9-10(2)3/h10H,5-9H2,1-4H3,(H,14,17)(H2,13,15,16). The fourth-order valence-electron chi connectivity index (χ4n) is 1.17. The van der Waals surface area contributed by atoms with Crippen molar-refractivity contribution in [3.05, 3.63) is 0 Å². The molecule has 0 heterocycles. The number of amides is 1. The molecule has 3 N–H and O–H groups in total. The van der Waals surface area contributed by atoms with E-state index in [0.29, 0.717) is 18.9 Å². The van der Waals surface area contributed by atoms with Crippen molar-refractivity contribution in [2.24, 2.45) is 10.9 Å². The Balaban J connectivity index is 3.66. The Morgan fingerprint density at radius 1 is 1.18 bits per heavy atom. The summed E-state index contributed by atoms with van der Waals surface area (Å²) < 4.78 is 0. The highest BCUT2D eigenvalue weighted by molar-refractivity contribution is 5.81. The van der Waals surface area contributed by atoms with Crippen LogP contribution < -0.4 is 16.0 Å². The van der Waals surface area contributed by atoms with Crippen LogP contribution in [0.15, 0.2) is 4.99 Å². The third kappa shape index (κ3) is 9.66. The molecule has 17 heavy (non-hydrogen) atoms. The van der Waals surface area contributed by atoms with Gasteiger partial charge in [0, 0.05) is 33.1 Å². The fourth-order valence-corrected chi connectivity index (χ4v) is 1.17. The molecule has 0 spiro atoms. The number of nitrogens with one attached hydrogen (secondary N) is 3. The summed E-state index contributed by atoms with van der Waals surface area (Å²) >= 11 is 0. The lowest BCUT2D eigenvalue weighted by Crippen LogP contribution is -2.40. The normalized spacial score (nSPS) is 11.5. The van der Waals surface area contributed by atoms with Gasteiger partial charge in [0.2, 0.25) is 5.91 Å². The molecule has 100 valence electrons. The number of rotatable bonds is 7. The first kappa shape index (κ1) is 15.7. The number of hydrogen-bond donors (Lipinski definition) is 3. The molecule has 0 unspecified atom stereocenters. The van der Waals surface area contributed by atoms with Gasteiger partial charge in [0.1, 0.15) is 0 Å². The minimum atomic E-state index is 0.0821. The molecule has 0 rings (SSSR count). The number of nitrogens with zero attached hydrogens (tertiary/aromatic N) is 1. The summed E-state index contributed by atoms with van der Waals surface area (Å²) in [7, 11) is 1.73. The van der Waals surface area contributed by atoms with E-state index in [9.17, 15) is 4.79 Å². The summed E-state index contributed by atoms with van der Waals surface area (Å²) in [6, 6.07) is 0. The van der Waals surface area contributed by atoms with Crippen LogP contribution in [0.25, 0.3) is 0 Å². The van der Waals surface area contributed by atoms with Gasteiger partial charge in [-0.05, 0) is 12.3 Å². The number of carbonyl (C=O) groups excluding carboxylic acids is 1. The van der Waals surface area contributed by atoms with Crippen LogP contribution >= 0.6 is 0 Å². The van der Waals surface area contributed by atoms with Crippen LogP contribution in [0.3, 0.4) is 0 Å². The number of aliphatic imine (C=N–C) groups is 1. The summed E-state index contributed by atoms with van der Waals surface area (Å²) in [5, 5.41) is 9.14. The first-order valence-corrected chi connectivity index (χ1v) is 6.31. The molecule has 0 saturated heterocycles. The topological polar surface area (TPSA) is 65.5 Å². The summed E-state index contributed by atoms with van der Waals surface area (Å²) in [6.07, 6.45) is 1.44. The van der Waals surface area contributed by atoms with E-state index in [1.165, 1.54) is 0 Å². The van der Waals surface area contributed by atoms with Crippen molar-refractivity contribution in [3.8, 4) is 0 Å². The molecule has 0 atom stereocenters. The van der Waals surface area contributed by atoms with Gasteiger partial charge in [0.25, 0.3) is 0 Å². The zero-order chi connectivity index (χ0) is 13.1. The third-order valence-electron chi connectivity index (χ3n) is 2.12. The second-order valence-electron chi connectivity index (χ2n) is 4.37. The van der Waals surface area contributed by atoms with Crippen LogP contribution in [0.5, 0.6) is 0 Å². The minimum absolute atomic E-state index is 0.0821. The van der Waals surface area contributed by atoms with Gasteiger partial charge in [-0.15, -0.1) is 0 Å². The van der Waals surface area contributed by atoms with E-state index >= 15 is 0 Å². The Morgan fingerprint density at radius 2 is 1.88 bits per heavy atom. The second kappa shape index (κ2) is 9.93. The molecule has 0 bridgehead atoms. The van der Waals surface area contributed by atoms with Crippen molar-refractivity contribution >= 4 is 11.9 Å². The Bertz CT molecular complexity index is 239. The van der Waals surface area contributed by atoms with Gasteiger partial charge in [0.15, 0.2) is 5.96 Å². The van der Waals surface area contributed by atoms with Gasteiger partial charge >= 0.3 is 0 Å². The Kier molecular flexibility index (Phi) is 9.19. The summed E-state index contributed by atoms with van der Waals surface area (Å²) in [5.74, 6) is 1.40. The largest absolute Gasteiger partial charge is 0.356 e. The van der Waals surface area contributed by atoms with Crippen LogP contribution in [0, 0.1) is 5.92 Å². The van der Waals surface area contributed by atoms with E-state index < -0.39 is 0 Å². The number of carbonyl (C=O) groups is 1. The van der Waals surface area contributed by atoms with Crippen molar-refractivity contribution in [1.29, 1.82) is 0 Å². The van der Waals surface area contributed by atoms with Crippen LogP contribution in [0.4, 0.5) is 0 Å². The minimum Gasteiger partial charge on any atom is -0.356 e. The quantitative estimate of drug-likeness (QED) is 0.455. The van der Waals surface area contributed by atoms with Gasteiger partial charge in [-0.2, -0.15) is 0 Å². The molecule has 5 nitrogen and oxygen atoms in total. The smallest absolute Gasteiger partial charge is 0.221 e. The lowest BCUT2D eigenvalue weighted by atomic mass is 10.2. The van der Waals surface area contributed by atoms with E-state index in [1.807, 2.05) is 6.92 Å². The molecule has 0 aliphatic carbocycles. The van der Waals surface area contributed by atoms with Gasteiger partial charge < -0.3 is 16.0 Å². The summed E-state index contributed by atoms with van der Waals surface area (Å²) in [5.41, 5.74) is 0. The van der Waals surface area contributed by atoms with E-state index in [4.69, 9.17) is 0 Å². The maximum absolute atomic E-state index is 11.3. The predicted molar refractivity (Wildman–Crippen MR) is 72.1 cm³/mol. The molecule has 0 radical (unpaired) electrons. The zero-order valence-corrected chi connectivity index (χ0v) is 11.5. The lowest BCUT2D eigenvalue weighted by molar-refractivity contribution is -0.120. The van der Waals surface area contributed by atoms with Crippen molar-refractivity contribution in [3.63, 3.8) is 0 Å². The van der Waals surface area contributed by atoms with Crippen molar-refractivity contribution < 1.29 is 4.79 Å². The molecular weight excluding hydrogens is 216 g/mol. The number of guanidine groups is 1. The third-order valence-corrected chi connectivity index (χ3v) is 2.12.